The topological polar surface area (TPSA) is 83.8 Å². The maximum atomic E-state index is 12.5. The van der Waals surface area contributed by atoms with Crippen molar-refractivity contribution in [2.45, 2.75) is 12.8 Å². The van der Waals surface area contributed by atoms with Crippen LogP contribution in [0.1, 0.15) is 12.3 Å². The minimum absolute atomic E-state index is 0.0939. The summed E-state index contributed by atoms with van der Waals surface area (Å²) < 4.78 is 6.10. The summed E-state index contributed by atoms with van der Waals surface area (Å²) in [5.74, 6) is 1.16. The van der Waals surface area contributed by atoms with Gasteiger partial charge in [0.1, 0.15) is 5.69 Å². The fourth-order valence-corrected chi connectivity index (χ4v) is 3.51. The number of H-pyrrole nitrogens is 1. The number of aromatic nitrogens is 3. The lowest BCUT2D eigenvalue weighted by Gasteiger charge is -2.04. The predicted octanol–water partition coefficient (Wildman–Crippen LogP) is 5.46. The Bertz CT molecular complexity index is 1270. The quantitative estimate of drug-likeness (QED) is 0.391. The Labute approximate surface area is 179 Å². The Morgan fingerprint density at radius 2 is 1.68 bits per heavy atom. The largest absolute Gasteiger partial charge is 0.440 e. The highest BCUT2D eigenvalue weighted by molar-refractivity contribution is 5.93. The number of fused-ring (bicyclic) bond motifs is 1. The number of rotatable bonds is 6. The van der Waals surface area contributed by atoms with Crippen LogP contribution in [0.5, 0.6) is 0 Å². The van der Waals surface area contributed by atoms with E-state index in [9.17, 15) is 4.79 Å². The summed E-state index contributed by atoms with van der Waals surface area (Å²) in [7, 11) is 0. The molecular formula is C25H20N4O2. The van der Waals surface area contributed by atoms with Crippen molar-refractivity contribution in [1.29, 1.82) is 0 Å². The van der Waals surface area contributed by atoms with Crippen molar-refractivity contribution in [1.82, 2.24) is 15.2 Å². The molecule has 0 radical (unpaired) electrons. The highest BCUT2D eigenvalue weighted by Gasteiger charge is 2.17. The molecule has 5 rings (SSSR count). The molecule has 6 nitrogen and oxygen atoms in total. The molecule has 31 heavy (non-hydrogen) atoms. The first kappa shape index (κ1) is 18.8. The SMILES string of the molecule is O=C(CCc1nc(-c2ccccc2)c(-c2ccccc2)o1)Nc1ccc2[nH]ncc2c1. The molecule has 5 aromatic rings. The molecule has 2 heterocycles. The van der Waals surface area contributed by atoms with Crippen LogP contribution in [0.25, 0.3) is 33.5 Å². The van der Waals surface area contributed by atoms with Crippen LogP contribution in [0.4, 0.5) is 5.69 Å². The Kier molecular flexibility index (Phi) is 5.02. The van der Waals surface area contributed by atoms with Crippen LogP contribution in [-0.4, -0.2) is 21.1 Å². The van der Waals surface area contributed by atoms with Gasteiger partial charge in [0.15, 0.2) is 11.7 Å². The number of oxazole rings is 1. The van der Waals surface area contributed by atoms with Crippen molar-refractivity contribution in [2.75, 3.05) is 5.32 Å². The normalized spacial score (nSPS) is 11.0. The first-order chi connectivity index (χ1) is 15.3. The number of aryl methyl sites for hydroxylation is 1. The number of carbonyl (C=O) groups excluding carboxylic acids is 1. The highest BCUT2D eigenvalue weighted by atomic mass is 16.4. The monoisotopic (exact) mass is 408 g/mol. The molecular weight excluding hydrogens is 388 g/mol. The fraction of sp³-hybridized carbons (Fsp3) is 0.0800. The van der Waals surface area contributed by atoms with Gasteiger partial charge in [-0.15, -0.1) is 0 Å². The van der Waals surface area contributed by atoms with Crippen molar-refractivity contribution in [3.05, 3.63) is 91.0 Å². The van der Waals surface area contributed by atoms with Crippen molar-refractivity contribution in [2.24, 2.45) is 0 Å². The standard InChI is InChI=1S/C25H20N4O2/c30-22(27-20-11-12-21-19(15-20)16-26-29-21)13-14-23-28-24(17-7-3-1-4-8-17)25(31-23)18-9-5-2-6-10-18/h1-12,15-16H,13-14H2,(H,26,29)(H,27,30). The van der Waals surface area contributed by atoms with Gasteiger partial charge in [0.2, 0.25) is 5.91 Å². The lowest BCUT2D eigenvalue weighted by molar-refractivity contribution is -0.116. The molecule has 0 aliphatic rings. The zero-order valence-corrected chi connectivity index (χ0v) is 16.7. The number of hydrogen-bond acceptors (Lipinski definition) is 4. The van der Waals surface area contributed by atoms with Gasteiger partial charge in [0, 0.05) is 35.0 Å². The van der Waals surface area contributed by atoms with Crippen LogP contribution < -0.4 is 5.32 Å². The van der Waals surface area contributed by atoms with Crippen LogP contribution in [0.3, 0.4) is 0 Å². The zero-order chi connectivity index (χ0) is 21.0. The van der Waals surface area contributed by atoms with Crippen LogP contribution >= 0.6 is 0 Å². The van der Waals surface area contributed by atoms with Gasteiger partial charge in [-0.3, -0.25) is 9.89 Å². The average Bonchev–Trinajstić information content (AvgIpc) is 3.46. The minimum atomic E-state index is -0.0939. The van der Waals surface area contributed by atoms with E-state index in [-0.39, 0.29) is 12.3 Å². The third-order valence-corrected chi connectivity index (χ3v) is 5.04. The van der Waals surface area contributed by atoms with E-state index in [4.69, 9.17) is 9.40 Å². The smallest absolute Gasteiger partial charge is 0.224 e. The molecule has 152 valence electrons. The number of nitrogens with one attached hydrogen (secondary N) is 2. The van der Waals surface area contributed by atoms with Gasteiger partial charge in [0.05, 0.1) is 11.7 Å². The van der Waals surface area contributed by atoms with Crippen LogP contribution in [0.2, 0.25) is 0 Å². The van der Waals surface area contributed by atoms with Crippen molar-refractivity contribution in [3.63, 3.8) is 0 Å². The van der Waals surface area contributed by atoms with E-state index in [1.807, 2.05) is 78.9 Å². The number of benzene rings is 3. The minimum Gasteiger partial charge on any atom is -0.440 e. The molecule has 1 amide bonds. The molecule has 0 aliphatic heterocycles. The third kappa shape index (κ3) is 4.09. The molecule has 0 saturated carbocycles. The van der Waals surface area contributed by atoms with Gasteiger partial charge in [-0.1, -0.05) is 60.7 Å². The summed E-state index contributed by atoms with van der Waals surface area (Å²) in [6.45, 7) is 0. The summed E-state index contributed by atoms with van der Waals surface area (Å²) >= 11 is 0. The maximum absolute atomic E-state index is 12.5. The van der Waals surface area contributed by atoms with Crippen LogP contribution in [-0.2, 0) is 11.2 Å². The molecule has 0 spiro atoms. The maximum Gasteiger partial charge on any atom is 0.224 e. The van der Waals surface area contributed by atoms with E-state index in [2.05, 4.69) is 15.5 Å². The van der Waals surface area contributed by atoms with E-state index < -0.39 is 0 Å². The van der Waals surface area contributed by atoms with Gasteiger partial charge < -0.3 is 9.73 Å². The van der Waals surface area contributed by atoms with Gasteiger partial charge in [-0.05, 0) is 18.2 Å². The number of hydrogen-bond donors (Lipinski definition) is 2. The second kappa shape index (κ2) is 8.28. The van der Waals surface area contributed by atoms with Crippen molar-refractivity contribution in [3.8, 4) is 22.6 Å². The number of nitrogens with zero attached hydrogens (tertiary/aromatic N) is 2. The third-order valence-electron chi connectivity index (χ3n) is 5.04. The number of aromatic amines is 1. The summed E-state index contributed by atoms with van der Waals surface area (Å²) in [5.41, 5.74) is 4.39. The first-order valence-electron chi connectivity index (χ1n) is 10.1. The van der Waals surface area contributed by atoms with Crippen molar-refractivity contribution < 1.29 is 9.21 Å². The second-order valence-corrected chi connectivity index (χ2v) is 7.24. The Balaban J connectivity index is 1.34. The summed E-state index contributed by atoms with van der Waals surface area (Å²) in [5, 5.41) is 10.8. The molecule has 0 unspecified atom stereocenters. The first-order valence-corrected chi connectivity index (χ1v) is 10.1. The molecule has 0 bridgehead atoms. The molecule has 0 aliphatic carbocycles. The van der Waals surface area contributed by atoms with E-state index in [0.717, 1.165) is 33.4 Å². The molecule has 0 fully saturated rings. The lowest BCUT2D eigenvalue weighted by atomic mass is 10.1. The summed E-state index contributed by atoms with van der Waals surface area (Å²) in [6.07, 6.45) is 2.41. The van der Waals surface area contributed by atoms with E-state index in [1.54, 1.807) is 6.20 Å². The van der Waals surface area contributed by atoms with Crippen LogP contribution in [0.15, 0.2) is 89.5 Å². The number of anilines is 1. The highest BCUT2D eigenvalue weighted by Crippen LogP contribution is 2.32. The van der Waals surface area contributed by atoms with Gasteiger partial charge >= 0.3 is 0 Å². The zero-order valence-electron chi connectivity index (χ0n) is 16.7. The van der Waals surface area contributed by atoms with E-state index >= 15 is 0 Å². The average molecular weight is 408 g/mol. The van der Waals surface area contributed by atoms with Gasteiger partial charge in [-0.25, -0.2) is 4.98 Å². The molecule has 6 heteroatoms. The van der Waals surface area contributed by atoms with E-state index in [1.165, 1.54) is 0 Å². The van der Waals surface area contributed by atoms with E-state index in [0.29, 0.717) is 18.1 Å². The fourth-order valence-electron chi connectivity index (χ4n) is 3.51. The summed E-state index contributed by atoms with van der Waals surface area (Å²) in [6, 6.07) is 25.5. The molecule has 3 aromatic carbocycles. The lowest BCUT2D eigenvalue weighted by Crippen LogP contribution is -2.12. The number of amides is 1. The summed E-state index contributed by atoms with van der Waals surface area (Å²) in [4.78, 5) is 17.2. The Hall–Kier alpha value is -4.19. The Morgan fingerprint density at radius 1 is 0.935 bits per heavy atom. The van der Waals surface area contributed by atoms with Gasteiger partial charge in [0.25, 0.3) is 0 Å². The molecule has 0 atom stereocenters. The molecule has 2 N–H and O–H groups in total. The predicted molar refractivity (Wildman–Crippen MR) is 120 cm³/mol. The Morgan fingerprint density at radius 3 is 2.45 bits per heavy atom. The molecule has 0 saturated heterocycles. The molecule has 2 aromatic heterocycles. The van der Waals surface area contributed by atoms with Crippen LogP contribution in [0, 0.1) is 0 Å². The number of carbonyl (C=O) groups is 1. The van der Waals surface area contributed by atoms with Crippen molar-refractivity contribution >= 4 is 22.5 Å². The van der Waals surface area contributed by atoms with Gasteiger partial charge in [-0.2, -0.15) is 5.10 Å². The second-order valence-electron chi connectivity index (χ2n) is 7.24.